The number of nitrogens with one attached hydrogen (secondary N) is 1. The van der Waals surface area contributed by atoms with Crippen molar-refractivity contribution in [1.29, 1.82) is 0 Å². The van der Waals surface area contributed by atoms with Crippen LogP contribution in [0.15, 0.2) is 109 Å². The molecule has 8 heteroatoms. The van der Waals surface area contributed by atoms with Gasteiger partial charge in [-0.05, 0) is 60.7 Å². The Hall–Kier alpha value is -5.24. The molecule has 4 N–H and O–H groups in total. The summed E-state index contributed by atoms with van der Waals surface area (Å²) >= 11 is 0. The number of anilines is 3. The van der Waals surface area contributed by atoms with Gasteiger partial charge in [-0.15, -0.1) is 0 Å². The molecule has 4 aromatic carbocycles. The number of hydrogen-bond acceptors (Lipinski definition) is 7. The summed E-state index contributed by atoms with van der Waals surface area (Å²) in [4.78, 5) is 29.1. The summed E-state index contributed by atoms with van der Waals surface area (Å²) in [6, 6.07) is 29.4. The Kier molecular flexibility index (Phi) is 6.68. The van der Waals surface area contributed by atoms with Gasteiger partial charge in [0.1, 0.15) is 17.3 Å². The van der Waals surface area contributed by atoms with Crippen molar-refractivity contribution in [1.82, 2.24) is 0 Å². The molecule has 1 aliphatic rings. The monoisotopic (exact) mass is 521 g/mol. The third-order valence-electron chi connectivity index (χ3n) is 6.72. The van der Waals surface area contributed by atoms with Crippen LogP contribution in [0.2, 0.25) is 0 Å². The summed E-state index contributed by atoms with van der Waals surface area (Å²) in [5, 5.41) is 15.1. The number of hydrogen-bond donors (Lipinski definition) is 3. The zero-order chi connectivity index (χ0) is 27.6. The molecule has 1 heterocycles. The van der Waals surface area contributed by atoms with E-state index < -0.39 is 17.4 Å². The fraction of sp³-hybridized carbons (Fsp3) is 0.0968. The zero-order valence-corrected chi connectivity index (χ0v) is 21.4. The van der Waals surface area contributed by atoms with Crippen LogP contribution in [0.25, 0.3) is 5.76 Å². The molecule has 1 amide bonds. The number of methoxy groups -OCH3 is 2. The third kappa shape index (κ3) is 4.31. The molecular formula is C31H27N3O5. The van der Waals surface area contributed by atoms with Crippen LogP contribution in [-0.4, -0.2) is 31.0 Å². The van der Waals surface area contributed by atoms with Crippen LogP contribution in [0.5, 0.6) is 11.5 Å². The number of aliphatic hydroxyl groups is 1. The standard InChI is InChI=1S/C31H27N3O5/c1-38-23-16-12-20(13-17-23)28(35)27-29(36)30(37)34(22-8-4-3-5-9-22)31(27,21-14-18-24(39-2)19-15-21)33-26-11-7-6-10-25(26)32/h3-19,33,35H,32H2,1-2H3/b28-27-. The topological polar surface area (TPSA) is 114 Å². The molecule has 196 valence electrons. The average molecular weight is 522 g/mol. The summed E-state index contributed by atoms with van der Waals surface area (Å²) in [6.07, 6.45) is 0. The third-order valence-corrected chi connectivity index (χ3v) is 6.72. The number of Topliss-reactive ketones (excluding diaryl/α,β-unsaturated/α-hetero) is 1. The second kappa shape index (κ2) is 10.3. The normalized spacial score (nSPS) is 18.2. The quantitative estimate of drug-likeness (QED) is 0.134. The Bertz CT molecular complexity index is 1550. The SMILES string of the molecule is COc1ccc(/C(O)=C2\C(=O)C(=O)N(c3ccccc3)C2(Nc2ccccc2N)c2ccc(OC)cc2)cc1. The highest BCUT2D eigenvalue weighted by Crippen LogP contribution is 2.48. The molecular weight excluding hydrogens is 494 g/mol. The molecule has 1 unspecified atom stereocenters. The van der Waals surface area contributed by atoms with Gasteiger partial charge in [-0.1, -0.05) is 42.5 Å². The van der Waals surface area contributed by atoms with E-state index in [0.29, 0.717) is 39.7 Å². The highest BCUT2D eigenvalue weighted by atomic mass is 16.5. The first kappa shape index (κ1) is 25.4. The molecule has 0 bridgehead atoms. The minimum Gasteiger partial charge on any atom is -0.507 e. The second-order valence-corrected chi connectivity index (χ2v) is 8.91. The van der Waals surface area contributed by atoms with Gasteiger partial charge in [0.2, 0.25) is 0 Å². The molecule has 0 spiro atoms. The molecule has 0 aromatic heterocycles. The minimum atomic E-state index is -1.68. The van der Waals surface area contributed by atoms with Gasteiger partial charge in [-0.25, -0.2) is 0 Å². The molecule has 0 saturated carbocycles. The fourth-order valence-corrected chi connectivity index (χ4v) is 4.80. The van der Waals surface area contributed by atoms with Crippen molar-refractivity contribution < 1.29 is 24.2 Å². The molecule has 0 aliphatic carbocycles. The molecule has 5 rings (SSSR count). The van der Waals surface area contributed by atoms with Crippen LogP contribution in [0, 0.1) is 0 Å². The molecule has 39 heavy (non-hydrogen) atoms. The van der Waals surface area contributed by atoms with Crippen LogP contribution >= 0.6 is 0 Å². The van der Waals surface area contributed by atoms with E-state index in [4.69, 9.17) is 15.2 Å². The maximum atomic E-state index is 13.9. The number of aliphatic hydroxyl groups excluding tert-OH is 1. The van der Waals surface area contributed by atoms with Gasteiger partial charge in [0, 0.05) is 16.8 Å². The number of rotatable bonds is 7. The average Bonchev–Trinajstić information content (AvgIpc) is 3.20. The van der Waals surface area contributed by atoms with Crippen LogP contribution in [0.1, 0.15) is 11.1 Å². The number of nitrogens with two attached hydrogens (primary N) is 1. The van der Waals surface area contributed by atoms with E-state index in [1.807, 2.05) is 6.07 Å². The van der Waals surface area contributed by atoms with Gasteiger partial charge in [0.25, 0.3) is 5.78 Å². The summed E-state index contributed by atoms with van der Waals surface area (Å²) in [5.74, 6) is -0.862. The molecule has 4 aromatic rings. The van der Waals surface area contributed by atoms with Crippen molar-refractivity contribution in [3.05, 3.63) is 120 Å². The smallest absolute Gasteiger partial charge is 0.301 e. The molecule has 1 atom stereocenters. The van der Waals surface area contributed by atoms with Crippen molar-refractivity contribution in [2.75, 3.05) is 30.2 Å². The van der Waals surface area contributed by atoms with Gasteiger partial charge < -0.3 is 25.6 Å². The fourth-order valence-electron chi connectivity index (χ4n) is 4.80. The van der Waals surface area contributed by atoms with Crippen LogP contribution < -0.4 is 25.4 Å². The van der Waals surface area contributed by atoms with Crippen molar-refractivity contribution in [3.8, 4) is 11.5 Å². The molecule has 1 aliphatic heterocycles. The Morgan fingerprint density at radius 2 is 1.36 bits per heavy atom. The highest BCUT2D eigenvalue weighted by Gasteiger charge is 2.59. The zero-order valence-electron chi connectivity index (χ0n) is 21.4. The lowest BCUT2D eigenvalue weighted by atomic mass is 9.87. The number of para-hydroxylation sites is 3. The van der Waals surface area contributed by atoms with E-state index in [0.717, 1.165) is 0 Å². The first-order valence-corrected chi connectivity index (χ1v) is 12.2. The van der Waals surface area contributed by atoms with E-state index in [2.05, 4.69) is 5.32 Å². The molecule has 1 saturated heterocycles. The van der Waals surface area contributed by atoms with E-state index in [-0.39, 0.29) is 11.3 Å². The maximum absolute atomic E-state index is 13.9. The van der Waals surface area contributed by atoms with Crippen LogP contribution in [0.3, 0.4) is 0 Å². The van der Waals surface area contributed by atoms with Crippen LogP contribution in [0.4, 0.5) is 17.1 Å². The number of nitrogens with zero attached hydrogens (tertiary/aromatic N) is 1. The lowest BCUT2D eigenvalue weighted by molar-refractivity contribution is -0.132. The Morgan fingerprint density at radius 1 is 0.795 bits per heavy atom. The molecule has 0 radical (unpaired) electrons. The van der Waals surface area contributed by atoms with Gasteiger partial charge in [0.05, 0.1) is 31.2 Å². The van der Waals surface area contributed by atoms with Gasteiger partial charge in [-0.3, -0.25) is 14.5 Å². The van der Waals surface area contributed by atoms with Crippen molar-refractivity contribution in [2.24, 2.45) is 0 Å². The lowest BCUT2D eigenvalue weighted by Gasteiger charge is -2.41. The number of nitrogen functional groups attached to an aromatic ring is 1. The summed E-state index contributed by atoms with van der Waals surface area (Å²) in [6.45, 7) is 0. The number of carbonyl (C=O) groups excluding carboxylic acids is 2. The Balaban J connectivity index is 1.87. The minimum absolute atomic E-state index is 0.144. The second-order valence-electron chi connectivity index (χ2n) is 8.91. The van der Waals surface area contributed by atoms with E-state index in [1.165, 1.54) is 12.0 Å². The number of amides is 1. The summed E-state index contributed by atoms with van der Waals surface area (Å²) < 4.78 is 10.6. The van der Waals surface area contributed by atoms with E-state index in [9.17, 15) is 14.7 Å². The summed E-state index contributed by atoms with van der Waals surface area (Å²) in [5.41, 5.74) is 6.67. The van der Waals surface area contributed by atoms with Gasteiger partial charge >= 0.3 is 5.91 Å². The number of ether oxygens (including phenoxy) is 2. The van der Waals surface area contributed by atoms with Crippen LogP contribution in [-0.2, 0) is 15.3 Å². The first-order valence-electron chi connectivity index (χ1n) is 12.2. The Labute approximate surface area is 225 Å². The first-order chi connectivity index (χ1) is 18.9. The van der Waals surface area contributed by atoms with Crippen molar-refractivity contribution in [2.45, 2.75) is 5.66 Å². The summed E-state index contributed by atoms with van der Waals surface area (Å²) in [7, 11) is 3.08. The largest absolute Gasteiger partial charge is 0.507 e. The molecule has 1 fully saturated rings. The predicted molar refractivity (Wildman–Crippen MR) is 151 cm³/mol. The van der Waals surface area contributed by atoms with Gasteiger partial charge in [0.15, 0.2) is 5.66 Å². The van der Waals surface area contributed by atoms with Crippen molar-refractivity contribution in [3.63, 3.8) is 0 Å². The highest BCUT2D eigenvalue weighted by molar-refractivity contribution is 6.52. The number of carbonyl (C=O) groups is 2. The molecule has 8 nitrogen and oxygen atoms in total. The lowest BCUT2D eigenvalue weighted by Crippen LogP contribution is -2.51. The Morgan fingerprint density at radius 3 is 1.95 bits per heavy atom. The van der Waals surface area contributed by atoms with E-state index >= 15 is 0 Å². The van der Waals surface area contributed by atoms with Gasteiger partial charge in [-0.2, -0.15) is 0 Å². The van der Waals surface area contributed by atoms with Crippen molar-refractivity contribution >= 4 is 34.5 Å². The number of benzene rings is 4. The number of ketones is 1. The van der Waals surface area contributed by atoms with E-state index in [1.54, 1.807) is 104 Å². The maximum Gasteiger partial charge on any atom is 0.301 e. The predicted octanol–water partition coefficient (Wildman–Crippen LogP) is 5.14.